The molecule has 0 N–H and O–H groups in total. The molecule has 1 heterocycles. The highest BCUT2D eigenvalue weighted by Crippen LogP contribution is 2.14. The van der Waals surface area contributed by atoms with E-state index < -0.39 is 5.97 Å². The Balaban J connectivity index is 2.39. The monoisotopic (exact) mass is 288 g/mol. The van der Waals surface area contributed by atoms with Gasteiger partial charge in [0.2, 0.25) is 0 Å². The van der Waals surface area contributed by atoms with Gasteiger partial charge in [0.05, 0.1) is 31.5 Å². The van der Waals surface area contributed by atoms with Crippen LogP contribution < -0.4 is 0 Å². The van der Waals surface area contributed by atoms with Crippen LogP contribution in [0.5, 0.6) is 0 Å². The fourth-order valence-corrected chi connectivity index (χ4v) is 1.90. The average Bonchev–Trinajstić information content (AvgIpc) is 2.91. The lowest BCUT2D eigenvalue weighted by Gasteiger charge is -2.06. The maximum absolute atomic E-state index is 11.7. The Hall–Kier alpha value is -2.63. The summed E-state index contributed by atoms with van der Waals surface area (Å²) < 4.78 is 11.1. The highest BCUT2D eigenvalue weighted by atomic mass is 16.5. The van der Waals surface area contributed by atoms with Crippen LogP contribution in [0, 0.1) is 0 Å². The van der Waals surface area contributed by atoms with Crippen LogP contribution in [0.15, 0.2) is 36.4 Å². The first-order chi connectivity index (χ1) is 10.2. The first-order valence-corrected chi connectivity index (χ1v) is 6.54. The predicted molar refractivity (Wildman–Crippen MR) is 75.2 cm³/mol. The first-order valence-electron chi connectivity index (χ1n) is 6.54. The molecule has 2 rings (SSSR count). The second-order valence-electron chi connectivity index (χ2n) is 4.24. The molecule has 0 unspecified atom stereocenters. The molecule has 2 aromatic rings. The number of esters is 2. The van der Waals surface area contributed by atoms with Crippen LogP contribution in [0.25, 0.3) is 5.69 Å². The van der Waals surface area contributed by atoms with E-state index in [1.807, 2.05) is 30.3 Å². The number of para-hydroxylation sites is 1. The number of ether oxygens (including phenoxy) is 2. The van der Waals surface area contributed by atoms with E-state index in [1.54, 1.807) is 11.6 Å². The largest absolute Gasteiger partial charge is 0.466 e. The van der Waals surface area contributed by atoms with Gasteiger partial charge < -0.3 is 9.47 Å². The normalized spacial score (nSPS) is 10.2. The van der Waals surface area contributed by atoms with Crippen molar-refractivity contribution >= 4 is 11.9 Å². The number of carbonyl (C=O) groups excluding carboxylic acids is 2. The Morgan fingerprint density at radius 2 is 1.95 bits per heavy atom. The number of carbonyl (C=O) groups is 2. The molecule has 1 aromatic heterocycles. The van der Waals surface area contributed by atoms with E-state index in [4.69, 9.17) is 4.74 Å². The Bertz CT molecular complexity index is 634. The van der Waals surface area contributed by atoms with Gasteiger partial charge in [-0.1, -0.05) is 18.2 Å². The number of rotatable bonds is 5. The number of aromatic nitrogens is 2. The van der Waals surface area contributed by atoms with E-state index in [1.165, 1.54) is 13.2 Å². The second kappa shape index (κ2) is 6.69. The third kappa shape index (κ3) is 3.47. The van der Waals surface area contributed by atoms with E-state index in [9.17, 15) is 9.59 Å². The van der Waals surface area contributed by atoms with Gasteiger partial charge in [0.25, 0.3) is 0 Å². The van der Waals surface area contributed by atoms with Gasteiger partial charge in [0.1, 0.15) is 0 Å². The van der Waals surface area contributed by atoms with Crippen molar-refractivity contribution in [1.29, 1.82) is 0 Å². The molecule has 6 nitrogen and oxygen atoms in total. The van der Waals surface area contributed by atoms with Gasteiger partial charge in [-0.3, -0.25) is 4.79 Å². The molecule has 0 atom stereocenters. The van der Waals surface area contributed by atoms with Gasteiger partial charge >= 0.3 is 11.9 Å². The minimum atomic E-state index is -0.546. The molecule has 1 aromatic carbocycles. The Morgan fingerprint density at radius 3 is 2.57 bits per heavy atom. The van der Waals surface area contributed by atoms with Gasteiger partial charge in [-0.15, -0.1) is 0 Å². The summed E-state index contributed by atoms with van der Waals surface area (Å²) in [5.74, 6) is -0.916. The summed E-state index contributed by atoms with van der Waals surface area (Å²) >= 11 is 0. The van der Waals surface area contributed by atoms with Gasteiger partial charge in [0, 0.05) is 0 Å². The maximum Gasteiger partial charge on any atom is 0.358 e. The summed E-state index contributed by atoms with van der Waals surface area (Å²) in [5.41, 5.74) is 1.48. The van der Waals surface area contributed by atoms with Crippen molar-refractivity contribution in [2.24, 2.45) is 0 Å². The van der Waals surface area contributed by atoms with Crippen molar-refractivity contribution in [2.75, 3.05) is 13.7 Å². The van der Waals surface area contributed by atoms with E-state index in [2.05, 4.69) is 9.84 Å². The Morgan fingerprint density at radius 1 is 1.24 bits per heavy atom. The van der Waals surface area contributed by atoms with Crippen molar-refractivity contribution in [3.05, 3.63) is 47.8 Å². The molecule has 0 aliphatic heterocycles. The van der Waals surface area contributed by atoms with Crippen LogP contribution in [-0.2, 0) is 20.7 Å². The summed E-state index contributed by atoms with van der Waals surface area (Å²) in [5, 5.41) is 4.20. The van der Waals surface area contributed by atoms with Crippen molar-refractivity contribution in [2.45, 2.75) is 13.3 Å². The molecule has 0 fully saturated rings. The lowest BCUT2D eigenvalue weighted by atomic mass is 10.2. The summed E-state index contributed by atoms with van der Waals surface area (Å²) in [6, 6.07) is 10.8. The average molecular weight is 288 g/mol. The van der Waals surface area contributed by atoms with Crippen LogP contribution in [0.1, 0.15) is 23.1 Å². The summed E-state index contributed by atoms with van der Waals surface area (Å²) in [7, 11) is 1.29. The van der Waals surface area contributed by atoms with Crippen molar-refractivity contribution in [1.82, 2.24) is 9.78 Å². The van der Waals surface area contributed by atoms with Gasteiger partial charge in [-0.05, 0) is 25.1 Å². The van der Waals surface area contributed by atoms with Crippen LogP contribution in [0.2, 0.25) is 0 Å². The molecule has 110 valence electrons. The number of benzene rings is 1. The van der Waals surface area contributed by atoms with E-state index in [-0.39, 0.29) is 18.1 Å². The SMILES string of the molecule is CCOC(=O)Cc1cc(C(=O)OC)nn1-c1ccccc1. The van der Waals surface area contributed by atoms with Gasteiger partial charge in [-0.25, -0.2) is 9.48 Å². The van der Waals surface area contributed by atoms with Crippen LogP contribution in [0.3, 0.4) is 0 Å². The van der Waals surface area contributed by atoms with Gasteiger partial charge in [-0.2, -0.15) is 5.10 Å². The molecular weight excluding hydrogens is 272 g/mol. The molecule has 0 saturated carbocycles. The molecule has 0 amide bonds. The van der Waals surface area contributed by atoms with Crippen LogP contribution in [0.4, 0.5) is 0 Å². The maximum atomic E-state index is 11.7. The van der Waals surface area contributed by atoms with E-state index in [0.717, 1.165) is 5.69 Å². The zero-order chi connectivity index (χ0) is 15.2. The van der Waals surface area contributed by atoms with Crippen molar-refractivity contribution in [3.63, 3.8) is 0 Å². The number of nitrogens with zero attached hydrogens (tertiary/aromatic N) is 2. The summed E-state index contributed by atoms with van der Waals surface area (Å²) in [4.78, 5) is 23.3. The Labute approximate surface area is 122 Å². The van der Waals surface area contributed by atoms with E-state index >= 15 is 0 Å². The zero-order valence-electron chi connectivity index (χ0n) is 11.9. The fourth-order valence-electron chi connectivity index (χ4n) is 1.90. The molecule has 0 bridgehead atoms. The molecule has 0 aliphatic rings. The predicted octanol–water partition coefficient (Wildman–Crippen LogP) is 1.76. The lowest BCUT2D eigenvalue weighted by molar-refractivity contribution is -0.142. The highest BCUT2D eigenvalue weighted by molar-refractivity contribution is 5.87. The standard InChI is InChI=1S/C15H16N2O4/c1-3-21-14(18)10-12-9-13(15(19)20-2)16-17(12)11-7-5-4-6-8-11/h4-9H,3,10H2,1-2H3. The first kappa shape index (κ1) is 14.8. The molecular formula is C15H16N2O4. The topological polar surface area (TPSA) is 70.4 Å². The summed E-state index contributed by atoms with van der Waals surface area (Å²) in [6.07, 6.45) is 0.0345. The van der Waals surface area contributed by atoms with E-state index in [0.29, 0.717) is 12.3 Å². The molecule has 0 aliphatic carbocycles. The number of hydrogen-bond donors (Lipinski definition) is 0. The molecule has 0 radical (unpaired) electrons. The molecule has 6 heteroatoms. The smallest absolute Gasteiger partial charge is 0.358 e. The van der Waals surface area contributed by atoms with Crippen molar-refractivity contribution < 1.29 is 19.1 Å². The third-order valence-electron chi connectivity index (χ3n) is 2.81. The summed E-state index contributed by atoms with van der Waals surface area (Å²) in [6.45, 7) is 2.05. The fraction of sp³-hybridized carbons (Fsp3) is 0.267. The Kier molecular flexibility index (Phi) is 4.71. The van der Waals surface area contributed by atoms with Gasteiger partial charge in [0.15, 0.2) is 5.69 Å². The lowest BCUT2D eigenvalue weighted by Crippen LogP contribution is -2.11. The quantitative estimate of drug-likeness (QED) is 0.784. The van der Waals surface area contributed by atoms with Crippen LogP contribution in [-0.4, -0.2) is 35.4 Å². The molecule has 0 spiro atoms. The molecule has 0 saturated heterocycles. The number of methoxy groups -OCH3 is 1. The zero-order valence-corrected chi connectivity index (χ0v) is 11.9. The molecule has 21 heavy (non-hydrogen) atoms. The third-order valence-corrected chi connectivity index (χ3v) is 2.81. The number of hydrogen-bond acceptors (Lipinski definition) is 5. The second-order valence-corrected chi connectivity index (χ2v) is 4.24. The van der Waals surface area contributed by atoms with Crippen molar-refractivity contribution in [3.8, 4) is 5.69 Å². The minimum absolute atomic E-state index is 0.0345. The van der Waals surface area contributed by atoms with Crippen LogP contribution >= 0.6 is 0 Å². The minimum Gasteiger partial charge on any atom is -0.466 e. The highest BCUT2D eigenvalue weighted by Gasteiger charge is 2.18.